The number of carbonyl (C=O) groups is 12. The highest BCUT2D eigenvalue weighted by Crippen LogP contribution is 2.32. The normalized spacial score (nSPS) is 10.6. The fourth-order valence-electron chi connectivity index (χ4n) is 10.6. The van der Waals surface area contributed by atoms with Crippen molar-refractivity contribution in [2.24, 2.45) is 14.1 Å². The monoisotopic (exact) mass is 1840 g/mol. The number of thiazole rings is 2. The van der Waals surface area contributed by atoms with Crippen molar-refractivity contribution in [2.75, 3.05) is 80.4 Å². The summed E-state index contributed by atoms with van der Waals surface area (Å²) in [5, 5.41) is 128. The molecule has 0 saturated carbocycles. The van der Waals surface area contributed by atoms with Gasteiger partial charge in [0.15, 0.2) is 91.0 Å². The zero-order valence-electron chi connectivity index (χ0n) is 67.1. The summed E-state index contributed by atoms with van der Waals surface area (Å²) in [4.78, 5) is 253. The molecule has 12 aromatic heterocycles. The minimum Gasteiger partial charge on any atom is -0.506 e. The first-order valence-electron chi connectivity index (χ1n) is 35.7. The minimum absolute atomic E-state index is 0.0428. The van der Waals surface area contributed by atoms with Gasteiger partial charge in [-0.15, -0.1) is 51.1 Å². The molecule has 12 aromatic rings. The van der Waals surface area contributed by atoms with Crippen molar-refractivity contribution in [1.29, 1.82) is 0 Å². The van der Waals surface area contributed by atoms with Crippen molar-refractivity contribution >= 4 is 159 Å². The number of hydrogen-bond donors (Lipinski definition) is 18. The lowest BCUT2D eigenvalue weighted by Gasteiger charge is -2.13. The Morgan fingerprint density at radius 2 is 0.750 bits per heavy atom. The molecule has 0 fully saturated rings. The van der Waals surface area contributed by atoms with Crippen molar-refractivity contribution in [2.45, 2.75) is 40.0 Å². The predicted octanol–water partition coefficient (Wildman–Crippen LogP) is -5.22. The summed E-state index contributed by atoms with van der Waals surface area (Å²) >= 11 is 2.08. The molecular formula is C69H73N19O38S2. The minimum atomic E-state index is -1.30. The molecule has 0 aromatic carbocycles. The Morgan fingerprint density at radius 3 is 1.17 bits per heavy atom. The number of aliphatic carboxylic acids is 6. The fraction of sp³-hybridized carbons (Fsp3) is 0.290. The van der Waals surface area contributed by atoms with E-state index >= 15 is 0 Å². The van der Waals surface area contributed by atoms with Gasteiger partial charge in [-0.3, -0.25) is 86.3 Å². The molecule has 128 heavy (non-hydrogen) atoms. The molecule has 0 atom stereocenters. The second-order valence-electron chi connectivity index (χ2n) is 24.6. The lowest BCUT2D eigenvalue weighted by molar-refractivity contribution is -0.136. The Kier molecular flexibility index (Phi) is 33.2. The highest BCUT2D eigenvalue weighted by atomic mass is 32.1. The number of rotatable bonds is 30. The number of aromatic hydroxyl groups is 6. The van der Waals surface area contributed by atoms with E-state index in [1.54, 1.807) is 19.3 Å². The van der Waals surface area contributed by atoms with Crippen LogP contribution in [0.5, 0.6) is 34.5 Å². The molecule has 12 heterocycles. The number of amides is 6. The topological polar surface area (TPSA) is 808 Å². The van der Waals surface area contributed by atoms with Crippen molar-refractivity contribution < 1.29 is 157 Å². The molecule has 684 valence electrons. The van der Waals surface area contributed by atoms with Crippen molar-refractivity contribution in [3.63, 3.8) is 0 Å². The first-order valence-corrected chi connectivity index (χ1v) is 37.5. The number of aromatic nitrogens is 13. The largest absolute Gasteiger partial charge is 0.506 e. The summed E-state index contributed by atoms with van der Waals surface area (Å²) in [6.45, 7) is 2.03. The van der Waals surface area contributed by atoms with Crippen LogP contribution in [0.2, 0.25) is 0 Å². The zero-order valence-corrected chi connectivity index (χ0v) is 68.8. The maximum atomic E-state index is 12.5. The zero-order chi connectivity index (χ0) is 95.2. The van der Waals surface area contributed by atoms with Gasteiger partial charge in [0, 0.05) is 20.3 Å². The average Bonchev–Trinajstić information content (AvgIpc) is 1.58. The van der Waals surface area contributed by atoms with E-state index in [9.17, 15) is 117 Å². The Balaban J connectivity index is 0.000000211. The van der Waals surface area contributed by atoms with Crippen LogP contribution >= 0.6 is 22.7 Å². The maximum Gasteiger partial charge on any atom is 0.322 e. The summed E-state index contributed by atoms with van der Waals surface area (Å²) in [5.74, 6) is -17.5. The number of fused-ring (bicyclic) bond motifs is 6. The molecular weight excluding hydrogens is 1770 g/mol. The third kappa shape index (κ3) is 21.7. The van der Waals surface area contributed by atoms with Gasteiger partial charge in [-0.05, 0) is 25.3 Å². The van der Waals surface area contributed by atoms with Crippen LogP contribution in [0.4, 0.5) is 0 Å². The number of aryl methyl sites for hydroxylation is 2. The van der Waals surface area contributed by atoms with Crippen molar-refractivity contribution in [3.8, 4) is 34.5 Å². The molecule has 0 radical (unpaired) electrons. The van der Waals surface area contributed by atoms with Crippen LogP contribution in [0.1, 0.15) is 102 Å². The number of nitrogens with one attached hydrogen (secondary N) is 6. The Hall–Kier alpha value is -17.3. The van der Waals surface area contributed by atoms with Gasteiger partial charge in [-0.25, -0.2) is 14.6 Å². The van der Waals surface area contributed by atoms with E-state index in [-0.39, 0.29) is 79.5 Å². The van der Waals surface area contributed by atoms with E-state index in [1.165, 1.54) is 47.7 Å². The molecule has 0 spiro atoms. The summed E-state index contributed by atoms with van der Waals surface area (Å²) in [6, 6.07) is 1.57. The SMILES string of the molecule is CCCOn1c(=O)c(C(=O)NCC(=O)O)c(O)c2c1ccn2C.CCCOn1c(=O)c(C(=O)NCC(=O)O)c(O)c2ncsc21.CCCOn1c(=O)c(C(=O)NCC(=O)O)c(O)c2ocnc21.COn1c(=O)c(C(=O)NCC(=O)O)c(O)c2cnn(C)c21.COn1c(=O)c(C(=O)NCC(=O)O)c(O)c2ocnc21.COn1c(=O)c(C(=O)NCC(=O)O)c(O)c2scnc21. The smallest absolute Gasteiger partial charge is 0.322 e. The second kappa shape index (κ2) is 43.4. The Morgan fingerprint density at radius 1 is 0.406 bits per heavy atom. The van der Waals surface area contributed by atoms with Gasteiger partial charge in [0.05, 0.1) is 22.6 Å². The van der Waals surface area contributed by atoms with E-state index in [4.69, 9.17) is 68.5 Å². The molecule has 0 unspecified atom stereocenters. The number of nitrogens with zero attached hydrogens (tertiary/aromatic N) is 13. The van der Waals surface area contributed by atoms with Gasteiger partial charge in [0.25, 0.3) is 41.0 Å². The molecule has 12 rings (SSSR count). The van der Waals surface area contributed by atoms with Gasteiger partial charge in [0.2, 0.25) is 22.5 Å². The van der Waals surface area contributed by atoms with E-state index < -0.39 is 212 Å². The number of carbonyl (C=O) groups excluding carboxylic acids is 6. The van der Waals surface area contributed by atoms with Crippen molar-refractivity contribution in [1.82, 2.24) is 94.6 Å². The van der Waals surface area contributed by atoms with E-state index in [1.807, 2.05) is 47.4 Å². The van der Waals surface area contributed by atoms with E-state index in [0.717, 1.165) is 66.2 Å². The first kappa shape index (κ1) is 97.8. The number of oxazole rings is 2. The Bertz CT molecular complexity index is 6450. The second-order valence-corrected chi connectivity index (χ2v) is 26.3. The van der Waals surface area contributed by atoms with E-state index in [2.05, 4.69) is 30.4 Å². The fourth-order valence-corrected chi connectivity index (χ4v) is 12.1. The number of carboxylic acid groups (broad SMARTS) is 6. The lowest BCUT2D eigenvalue weighted by atomic mass is 10.2. The van der Waals surface area contributed by atoms with Gasteiger partial charge >= 0.3 is 63.6 Å². The summed E-state index contributed by atoms with van der Waals surface area (Å²) in [6.07, 6.45) is 6.67. The molecule has 0 saturated heterocycles. The molecule has 0 bridgehead atoms. The van der Waals surface area contributed by atoms with Crippen LogP contribution in [-0.4, -0.2) is 276 Å². The van der Waals surface area contributed by atoms with Crippen LogP contribution in [0.15, 0.2) is 79.9 Å². The number of hydrogen-bond acceptors (Lipinski definition) is 39. The van der Waals surface area contributed by atoms with Gasteiger partial charge in [0.1, 0.15) is 107 Å². The number of carboxylic acids is 6. The third-order valence-corrected chi connectivity index (χ3v) is 17.7. The van der Waals surface area contributed by atoms with Crippen LogP contribution in [0, 0.1) is 0 Å². The Labute approximate surface area is 714 Å². The summed E-state index contributed by atoms with van der Waals surface area (Å²) in [7, 11) is 6.74. The molecule has 0 aliphatic rings. The average molecular weight is 1840 g/mol. The van der Waals surface area contributed by atoms with Gasteiger partial charge in [-0.2, -0.15) is 15.1 Å². The maximum absolute atomic E-state index is 12.5. The number of pyridine rings is 6. The highest BCUT2D eigenvalue weighted by molar-refractivity contribution is 7.17. The molecule has 6 amide bonds. The van der Waals surface area contributed by atoms with Crippen molar-refractivity contribution in [3.05, 3.63) is 138 Å². The van der Waals surface area contributed by atoms with Crippen LogP contribution < -0.4 is 94.3 Å². The first-order chi connectivity index (χ1) is 60.6. The van der Waals surface area contributed by atoms with Gasteiger partial charge in [-0.1, -0.05) is 20.8 Å². The quantitative estimate of drug-likeness (QED) is 0.0200. The molecule has 0 aliphatic heterocycles. The highest BCUT2D eigenvalue weighted by Gasteiger charge is 2.32. The van der Waals surface area contributed by atoms with Crippen LogP contribution in [-0.2, 0) is 42.9 Å². The van der Waals surface area contributed by atoms with E-state index in [0.29, 0.717) is 29.5 Å². The standard InChI is InChI=1S/C14H17N3O6.C12H13N3O7.C12H13N3O6S.C11H12N4O6.C10H9N3O7.C10H9N3O6S/c1-3-6-23-17-8-4-5-16(2)11(8)12(20)10(14(17)22)13(21)15-7-9(18)19;1-2-3-22-15-10-9(21-5-14-10)8(18)7(12(15)20)11(19)13-4-6(16)17;1-2-3-21-15-11(20)7(10(19)13-4-6(16)17)9(18)8-12(15)22-5-14-8;1-14-10-5(3-13-14)8(18)7(11(20)15(10)21-2)9(19)12-4-6(16)17;2*1-19-13-8-7(20-3-12-8)6(16)5(10(13)18)9(17)11-2-4(14)15/h4-5,20H,3,6-7H2,1-2H3,(H,15,21)(H,18,19);2*5,18H,2-4H2,1H3,(H,13,19)(H,16,17);3,18H,4H2,1-2H3,(H,12,19)(H,16,17);2*3,16H,2H2,1H3,(H,11,17)(H,14,15). The molecule has 59 heteroatoms. The summed E-state index contributed by atoms with van der Waals surface area (Å²) in [5.41, 5.74) is -6.28. The van der Waals surface area contributed by atoms with Gasteiger partial charge < -0.3 is 136 Å². The van der Waals surface area contributed by atoms with Crippen LogP contribution in [0.3, 0.4) is 0 Å². The molecule has 0 aliphatic carbocycles. The summed E-state index contributed by atoms with van der Waals surface area (Å²) < 4.78 is 17.6. The van der Waals surface area contributed by atoms with Crippen LogP contribution in [0.25, 0.3) is 65.2 Å². The predicted molar refractivity (Wildman–Crippen MR) is 429 cm³/mol. The third-order valence-electron chi connectivity index (χ3n) is 16.1. The molecule has 18 N–H and O–H groups in total. The lowest BCUT2D eigenvalue weighted by Crippen LogP contribution is -2.37. The molecule has 57 nitrogen and oxygen atoms in total.